The number of amides is 1. The number of nitrogens with zero attached hydrogens (tertiary/aromatic N) is 2. The van der Waals surface area contributed by atoms with Crippen LogP contribution in [0.3, 0.4) is 0 Å². The Balaban J connectivity index is 1.95. The highest BCUT2D eigenvalue weighted by molar-refractivity contribution is 5.89. The lowest BCUT2D eigenvalue weighted by Gasteiger charge is -2.33. The zero-order valence-electron chi connectivity index (χ0n) is 13.0. The van der Waals surface area contributed by atoms with E-state index in [1.54, 1.807) is 4.90 Å². The summed E-state index contributed by atoms with van der Waals surface area (Å²) in [7, 11) is 1.41. The fraction of sp³-hybridized carbons (Fsp3) is 0.500. The normalized spacial score (nSPS) is 22.7. The van der Waals surface area contributed by atoms with Gasteiger partial charge in [0.25, 0.3) is 6.02 Å². The minimum atomic E-state index is -0.331. The van der Waals surface area contributed by atoms with Crippen LogP contribution in [0.5, 0.6) is 0 Å². The number of benzene rings is 1. The number of fused-ring (bicyclic) bond motifs is 1. The first-order chi connectivity index (χ1) is 10.6. The van der Waals surface area contributed by atoms with Gasteiger partial charge in [-0.25, -0.2) is 9.79 Å². The van der Waals surface area contributed by atoms with Crippen molar-refractivity contribution in [1.82, 2.24) is 0 Å². The lowest BCUT2D eigenvalue weighted by atomic mass is 9.78. The summed E-state index contributed by atoms with van der Waals surface area (Å²) in [5, 5.41) is 0. The minimum Gasteiger partial charge on any atom is -0.463 e. The number of rotatable bonds is 2. The summed E-state index contributed by atoms with van der Waals surface area (Å²) in [5.74, 6) is 0. The molecule has 6 nitrogen and oxygen atoms in total. The number of anilines is 1. The molecule has 1 aromatic rings. The fourth-order valence-electron chi connectivity index (χ4n) is 3.36. The van der Waals surface area contributed by atoms with Gasteiger partial charge in [-0.3, -0.25) is 4.90 Å². The van der Waals surface area contributed by atoms with Gasteiger partial charge in [-0.15, -0.1) is 0 Å². The molecule has 22 heavy (non-hydrogen) atoms. The largest absolute Gasteiger partial charge is 0.463 e. The van der Waals surface area contributed by atoms with Gasteiger partial charge in [-0.05, 0) is 37.0 Å². The second kappa shape index (κ2) is 5.51. The number of methoxy groups -OCH3 is 1. The molecule has 1 amide bonds. The summed E-state index contributed by atoms with van der Waals surface area (Å²) < 4.78 is 10.2. The van der Waals surface area contributed by atoms with Crippen LogP contribution in [0.15, 0.2) is 23.2 Å². The molecule has 1 aliphatic carbocycles. The Morgan fingerprint density at radius 3 is 3.00 bits per heavy atom. The predicted octanol–water partition coefficient (Wildman–Crippen LogP) is 1.85. The molecule has 0 radical (unpaired) electrons. The van der Waals surface area contributed by atoms with Crippen molar-refractivity contribution in [3.63, 3.8) is 0 Å². The van der Waals surface area contributed by atoms with Crippen LogP contribution < -0.4 is 10.6 Å². The van der Waals surface area contributed by atoms with Crippen LogP contribution in [0.2, 0.25) is 0 Å². The first-order valence-corrected chi connectivity index (χ1v) is 7.53. The van der Waals surface area contributed by atoms with Crippen LogP contribution in [0.4, 0.5) is 10.5 Å². The molecule has 0 unspecified atom stereocenters. The zero-order valence-corrected chi connectivity index (χ0v) is 13.0. The Bertz CT molecular complexity index is 629. The molecule has 2 aliphatic rings. The molecule has 1 aromatic carbocycles. The molecular weight excluding hydrogens is 282 g/mol. The number of carbonyl (C=O) groups excluding carboxylic acids is 1. The number of ether oxygens (including phenoxy) is 2. The Kier molecular flexibility index (Phi) is 3.68. The highest BCUT2D eigenvalue weighted by atomic mass is 16.5. The Labute approximate surface area is 129 Å². The highest BCUT2D eigenvalue weighted by Gasteiger charge is 2.40. The van der Waals surface area contributed by atoms with Crippen molar-refractivity contribution in [3.05, 3.63) is 29.3 Å². The Hall–Kier alpha value is -2.24. The zero-order chi connectivity index (χ0) is 15.7. The second-order valence-electron chi connectivity index (χ2n) is 5.77. The number of nitrogens with two attached hydrogens (primary N) is 1. The summed E-state index contributed by atoms with van der Waals surface area (Å²) in [6.45, 7) is 3.05. The van der Waals surface area contributed by atoms with Gasteiger partial charge in [0.05, 0.1) is 12.8 Å². The third-order valence-electron chi connectivity index (χ3n) is 4.45. The summed E-state index contributed by atoms with van der Waals surface area (Å²) in [4.78, 5) is 18.1. The molecular formula is C16H21N3O3. The summed E-state index contributed by atoms with van der Waals surface area (Å²) in [5.41, 5.74) is 8.76. The van der Waals surface area contributed by atoms with E-state index in [0.29, 0.717) is 13.2 Å². The lowest BCUT2D eigenvalue weighted by molar-refractivity contribution is 0.179. The molecule has 0 saturated heterocycles. The van der Waals surface area contributed by atoms with Crippen LogP contribution in [-0.2, 0) is 22.3 Å². The van der Waals surface area contributed by atoms with Crippen molar-refractivity contribution in [2.75, 3.05) is 25.2 Å². The van der Waals surface area contributed by atoms with Gasteiger partial charge in [-0.1, -0.05) is 12.1 Å². The van der Waals surface area contributed by atoms with Crippen molar-refractivity contribution < 1.29 is 14.3 Å². The molecule has 1 heterocycles. The van der Waals surface area contributed by atoms with E-state index in [2.05, 4.69) is 11.1 Å². The SMILES string of the molecule is CCN(C(=O)OC)c1cccc2c1CC[C@@]1(COC(N)=N1)C2. The van der Waals surface area contributed by atoms with Gasteiger partial charge < -0.3 is 15.2 Å². The lowest BCUT2D eigenvalue weighted by Crippen LogP contribution is -2.37. The van der Waals surface area contributed by atoms with Crippen LogP contribution >= 0.6 is 0 Å². The van der Waals surface area contributed by atoms with E-state index in [1.807, 2.05) is 19.1 Å². The van der Waals surface area contributed by atoms with E-state index >= 15 is 0 Å². The van der Waals surface area contributed by atoms with Gasteiger partial charge in [0.15, 0.2) is 0 Å². The predicted molar refractivity (Wildman–Crippen MR) is 84.2 cm³/mol. The molecule has 118 valence electrons. The maximum absolute atomic E-state index is 12.0. The Morgan fingerprint density at radius 1 is 1.55 bits per heavy atom. The van der Waals surface area contributed by atoms with Gasteiger partial charge >= 0.3 is 6.09 Å². The number of hydrogen-bond acceptors (Lipinski definition) is 5. The maximum atomic E-state index is 12.0. The standard InChI is InChI=1S/C16H21N3O3/c1-3-19(15(20)21-2)13-6-4-5-11-9-16(8-7-12(11)13)10-22-14(17)18-16/h4-6H,3,7-10H2,1-2H3,(H2,17,18)/t16-/m0/s1. The van der Waals surface area contributed by atoms with Crippen molar-refractivity contribution in [1.29, 1.82) is 0 Å². The van der Waals surface area contributed by atoms with Crippen LogP contribution in [0, 0.1) is 0 Å². The van der Waals surface area contributed by atoms with Gasteiger partial charge in [0.2, 0.25) is 0 Å². The van der Waals surface area contributed by atoms with Crippen LogP contribution in [-0.4, -0.2) is 37.9 Å². The number of hydrogen-bond donors (Lipinski definition) is 1. The van der Waals surface area contributed by atoms with E-state index in [-0.39, 0.29) is 17.7 Å². The monoisotopic (exact) mass is 303 g/mol. The Morgan fingerprint density at radius 2 is 2.36 bits per heavy atom. The van der Waals surface area contributed by atoms with Gasteiger partial charge in [0.1, 0.15) is 12.1 Å². The van der Waals surface area contributed by atoms with Crippen molar-refractivity contribution in [3.8, 4) is 0 Å². The first kappa shape index (κ1) is 14.7. The molecule has 6 heteroatoms. The molecule has 0 aromatic heterocycles. The van der Waals surface area contributed by atoms with Crippen LogP contribution in [0.1, 0.15) is 24.5 Å². The topological polar surface area (TPSA) is 77.2 Å². The quantitative estimate of drug-likeness (QED) is 0.904. The van der Waals surface area contributed by atoms with E-state index in [0.717, 1.165) is 24.9 Å². The molecule has 0 bridgehead atoms. The summed E-state index contributed by atoms with van der Waals surface area (Å²) >= 11 is 0. The van der Waals surface area contributed by atoms with Gasteiger partial charge in [-0.2, -0.15) is 0 Å². The van der Waals surface area contributed by atoms with E-state index in [9.17, 15) is 4.79 Å². The highest BCUT2D eigenvalue weighted by Crippen LogP contribution is 2.38. The van der Waals surface area contributed by atoms with Crippen molar-refractivity contribution >= 4 is 17.8 Å². The third kappa shape index (κ3) is 2.38. The molecule has 1 spiro atoms. The summed E-state index contributed by atoms with van der Waals surface area (Å²) in [6, 6.07) is 6.32. The number of carbonyl (C=O) groups is 1. The van der Waals surface area contributed by atoms with Crippen LogP contribution in [0.25, 0.3) is 0 Å². The third-order valence-corrected chi connectivity index (χ3v) is 4.45. The summed E-state index contributed by atoms with van der Waals surface area (Å²) in [6.07, 6.45) is 2.17. The maximum Gasteiger partial charge on any atom is 0.413 e. The fourth-order valence-corrected chi connectivity index (χ4v) is 3.36. The first-order valence-electron chi connectivity index (χ1n) is 7.53. The van der Waals surface area contributed by atoms with E-state index in [1.165, 1.54) is 18.2 Å². The minimum absolute atomic E-state index is 0.238. The molecule has 3 rings (SSSR count). The molecule has 2 N–H and O–H groups in total. The number of aliphatic imine (C=N–C) groups is 1. The molecule has 0 fully saturated rings. The molecule has 1 aliphatic heterocycles. The van der Waals surface area contributed by atoms with Gasteiger partial charge in [0, 0.05) is 13.0 Å². The van der Waals surface area contributed by atoms with Crippen molar-refractivity contribution in [2.45, 2.75) is 31.7 Å². The number of amidine groups is 1. The average Bonchev–Trinajstić information content (AvgIpc) is 2.88. The van der Waals surface area contributed by atoms with E-state index < -0.39 is 0 Å². The smallest absolute Gasteiger partial charge is 0.413 e. The average molecular weight is 303 g/mol. The molecule has 1 atom stereocenters. The molecule has 0 saturated carbocycles. The second-order valence-corrected chi connectivity index (χ2v) is 5.77. The van der Waals surface area contributed by atoms with Crippen molar-refractivity contribution in [2.24, 2.45) is 10.7 Å². The van der Waals surface area contributed by atoms with E-state index in [4.69, 9.17) is 15.2 Å².